The number of carbonyl (C=O) groups is 1. The molecule has 2 heterocycles. The minimum Gasteiger partial charge on any atom is -0.380 e. The molecule has 2 aromatic carbocycles. The first-order chi connectivity index (χ1) is 14.6. The van der Waals surface area contributed by atoms with Crippen LogP contribution < -0.4 is 10.6 Å². The second-order valence-corrected chi connectivity index (χ2v) is 7.56. The number of amides is 1. The Morgan fingerprint density at radius 2 is 1.70 bits per heavy atom. The number of fused-ring (bicyclic) bond motifs is 1. The monoisotopic (exact) mass is 399 g/mol. The lowest BCUT2D eigenvalue weighted by Crippen LogP contribution is -2.39. The lowest BCUT2D eigenvalue weighted by Gasteiger charge is -2.24. The van der Waals surface area contributed by atoms with Crippen molar-refractivity contribution in [1.82, 2.24) is 19.9 Å². The maximum atomic E-state index is 12.9. The highest BCUT2D eigenvalue weighted by atomic mass is 16.1. The Bertz CT molecular complexity index is 1120. The van der Waals surface area contributed by atoms with Crippen LogP contribution >= 0.6 is 0 Å². The van der Waals surface area contributed by atoms with Crippen molar-refractivity contribution in [2.24, 2.45) is 5.92 Å². The fourth-order valence-electron chi connectivity index (χ4n) is 3.38. The number of nitrogens with zero attached hydrogens (tertiary/aromatic N) is 3. The van der Waals surface area contributed by atoms with Crippen LogP contribution in [0.5, 0.6) is 0 Å². The Labute approximate surface area is 176 Å². The number of benzene rings is 2. The lowest BCUT2D eigenvalue weighted by atomic mass is 10.0. The smallest absolute Gasteiger partial charge is 0.256 e. The average Bonchev–Trinajstić information content (AvgIpc) is 3.22. The first kappa shape index (κ1) is 19.6. The maximum Gasteiger partial charge on any atom is 0.256 e. The molecule has 0 fully saturated rings. The molecule has 0 aliphatic carbocycles. The van der Waals surface area contributed by atoms with E-state index in [0.29, 0.717) is 23.7 Å². The van der Waals surface area contributed by atoms with E-state index < -0.39 is 0 Å². The first-order valence-corrected chi connectivity index (χ1v) is 10.1. The molecule has 6 heteroatoms. The van der Waals surface area contributed by atoms with Crippen molar-refractivity contribution in [2.75, 3.05) is 11.9 Å². The van der Waals surface area contributed by atoms with Gasteiger partial charge in [-0.3, -0.25) is 4.79 Å². The van der Waals surface area contributed by atoms with Crippen molar-refractivity contribution in [3.05, 3.63) is 84.7 Å². The quantitative estimate of drug-likeness (QED) is 0.487. The Morgan fingerprint density at radius 3 is 2.40 bits per heavy atom. The lowest BCUT2D eigenvalue weighted by molar-refractivity contribution is 0.0951. The molecule has 4 aromatic rings. The summed E-state index contributed by atoms with van der Waals surface area (Å²) in [6, 6.07) is 22.0. The van der Waals surface area contributed by atoms with E-state index in [2.05, 4.69) is 34.6 Å². The van der Waals surface area contributed by atoms with E-state index in [9.17, 15) is 4.79 Å². The van der Waals surface area contributed by atoms with Gasteiger partial charge in [-0.1, -0.05) is 62.4 Å². The van der Waals surface area contributed by atoms with E-state index in [1.165, 1.54) is 0 Å². The van der Waals surface area contributed by atoms with Crippen LogP contribution in [-0.2, 0) is 0 Å². The molecule has 1 atom stereocenters. The molecule has 0 aliphatic heterocycles. The molecule has 152 valence electrons. The Morgan fingerprint density at radius 1 is 1.00 bits per heavy atom. The molecule has 6 nitrogen and oxygen atoms in total. The average molecular weight is 399 g/mol. The Balaban J connectivity index is 1.52. The number of aromatic nitrogens is 3. The van der Waals surface area contributed by atoms with Crippen LogP contribution in [0, 0.1) is 5.92 Å². The molecule has 0 aliphatic rings. The first-order valence-electron chi connectivity index (χ1n) is 10.1. The van der Waals surface area contributed by atoms with Gasteiger partial charge < -0.3 is 10.6 Å². The van der Waals surface area contributed by atoms with Gasteiger partial charge in [-0.2, -0.15) is 5.10 Å². The summed E-state index contributed by atoms with van der Waals surface area (Å²) in [5.41, 5.74) is 3.97. The number of hydrogen-bond donors (Lipinski definition) is 2. The van der Waals surface area contributed by atoms with E-state index in [1.807, 2.05) is 66.7 Å². The second kappa shape index (κ2) is 8.78. The zero-order valence-electron chi connectivity index (χ0n) is 17.1. The highest BCUT2D eigenvalue weighted by Gasteiger charge is 2.19. The third kappa shape index (κ3) is 4.17. The molecule has 0 spiro atoms. The molecule has 0 bridgehead atoms. The summed E-state index contributed by atoms with van der Waals surface area (Å²) in [7, 11) is 0. The molecule has 2 aromatic heterocycles. The van der Waals surface area contributed by atoms with Crippen LogP contribution in [0.2, 0.25) is 0 Å². The van der Waals surface area contributed by atoms with Crippen LogP contribution in [0.25, 0.3) is 16.9 Å². The molecule has 30 heavy (non-hydrogen) atoms. The molecule has 2 N–H and O–H groups in total. The fourth-order valence-corrected chi connectivity index (χ4v) is 3.38. The Hall–Kier alpha value is -3.67. The molecule has 4 rings (SSSR count). The number of hydrogen-bond acceptors (Lipinski definition) is 4. The molecular formula is C24H25N5O. The number of para-hydroxylation sites is 1. The summed E-state index contributed by atoms with van der Waals surface area (Å²) in [5.74, 6) is 0.167. The maximum absolute atomic E-state index is 12.9. The third-order valence-corrected chi connectivity index (χ3v) is 5.13. The fraction of sp³-hybridized carbons (Fsp3) is 0.208. The molecular weight excluding hydrogens is 374 g/mol. The summed E-state index contributed by atoms with van der Waals surface area (Å²) in [5, 5.41) is 11.0. The SMILES string of the molecule is CC(C)C(CNC(=O)c1cnn2c(-c3ccccc3)ccnc12)Nc1ccccc1. The van der Waals surface area contributed by atoms with Crippen LogP contribution in [-0.4, -0.2) is 33.1 Å². The van der Waals surface area contributed by atoms with Crippen molar-refractivity contribution < 1.29 is 4.79 Å². The van der Waals surface area contributed by atoms with Gasteiger partial charge in [0.05, 0.1) is 11.9 Å². The third-order valence-electron chi connectivity index (χ3n) is 5.13. The summed E-state index contributed by atoms with van der Waals surface area (Å²) >= 11 is 0. The van der Waals surface area contributed by atoms with Crippen LogP contribution in [0.15, 0.2) is 79.1 Å². The van der Waals surface area contributed by atoms with Crippen LogP contribution in [0.4, 0.5) is 5.69 Å². The normalized spacial score (nSPS) is 12.1. The zero-order valence-corrected chi connectivity index (χ0v) is 17.1. The number of anilines is 1. The van der Waals surface area contributed by atoms with Gasteiger partial charge in [-0.05, 0) is 24.1 Å². The zero-order chi connectivity index (χ0) is 20.9. The Kier molecular flexibility index (Phi) is 5.75. The van der Waals surface area contributed by atoms with Gasteiger partial charge >= 0.3 is 0 Å². The topological polar surface area (TPSA) is 71.3 Å². The summed E-state index contributed by atoms with van der Waals surface area (Å²) in [6.07, 6.45) is 3.29. The van der Waals surface area contributed by atoms with Gasteiger partial charge in [-0.25, -0.2) is 9.50 Å². The van der Waals surface area contributed by atoms with Gasteiger partial charge in [-0.15, -0.1) is 0 Å². The van der Waals surface area contributed by atoms with Gasteiger partial charge in [0, 0.05) is 30.0 Å². The van der Waals surface area contributed by atoms with Gasteiger partial charge in [0.25, 0.3) is 5.91 Å². The highest BCUT2D eigenvalue weighted by molar-refractivity contribution is 5.99. The molecule has 0 saturated carbocycles. The van der Waals surface area contributed by atoms with Crippen molar-refractivity contribution in [3.8, 4) is 11.3 Å². The predicted octanol–water partition coefficient (Wildman–Crippen LogP) is 4.26. The minimum atomic E-state index is -0.178. The predicted molar refractivity (Wildman–Crippen MR) is 119 cm³/mol. The van der Waals surface area contributed by atoms with E-state index in [1.54, 1.807) is 16.9 Å². The summed E-state index contributed by atoms with van der Waals surface area (Å²) in [4.78, 5) is 17.3. The van der Waals surface area contributed by atoms with Crippen molar-refractivity contribution >= 4 is 17.2 Å². The second-order valence-electron chi connectivity index (χ2n) is 7.56. The summed E-state index contributed by atoms with van der Waals surface area (Å²) < 4.78 is 1.71. The van der Waals surface area contributed by atoms with E-state index in [4.69, 9.17) is 0 Å². The summed E-state index contributed by atoms with van der Waals surface area (Å²) in [6.45, 7) is 4.77. The largest absolute Gasteiger partial charge is 0.380 e. The van der Waals surface area contributed by atoms with Crippen molar-refractivity contribution in [1.29, 1.82) is 0 Å². The molecule has 1 amide bonds. The molecule has 0 radical (unpaired) electrons. The standard InChI is InChI=1S/C24H25N5O/c1-17(2)21(28-19-11-7-4-8-12-19)16-26-24(30)20-15-27-29-22(13-14-25-23(20)29)18-9-5-3-6-10-18/h3-15,17,21,28H,16H2,1-2H3,(H,26,30). The van der Waals surface area contributed by atoms with E-state index >= 15 is 0 Å². The molecule has 1 unspecified atom stereocenters. The van der Waals surface area contributed by atoms with Crippen LogP contribution in [0.1, 0.15) is 24.2 Å². The van der Waals surface area contributed by atoms with Gasteiger partial charge in [0.15, 0.2) is 5.65 Å². The van der Waals surface area contributed by atoms with Gasteiger partial charge in [0.2, 0.25) is 0 Å². The highest BCUT2D eigenvalue weighted by Crippen LogP contribution is 2.20. The van der Waals surface area contributed by atoms with Crippen molar-refractivity contribution in [3.63, 3.8) is 0 Å². The van der Waals surface area contributed by atoms with Crippen LogP contribution in [0.3, 0.4) is 0 Å². The van der Waals surface area contributed by atoms with Gasteiger partial charge in [0.1, 0.15) is 5.56 Å². The van der Waals surface area contributed by atoms with E-state index in [-0.39, 0.29) is 11.9 Å². The minimum absolute atomic E-state index is 0.103. The number of rotatable bonds is 7. The molecule has 0 saturated heterocycles. The number of nitrogens with one attached hydrogen (secondary N) is 2. The van der Waals surface area contributed by atoms with Crippen molar-refractivity contribution in [2.45, 2.75) is 19.9 Å². The number of carbonyl (C=O) groups excluding carboxylic acids is 1. The van der Waals surface area contributed by atoms with E-state index in [0.717, 1.165) is 16.9 Å².